The molecule has 0 heterocycles. The van der Waals surface area contributed by atoms with Crippen LogP contribution in [0.2, 0.25) is 0 Å². The number of hydrogen-bond acceptors (Lipinski definition) is 0. The molecule has 0 radical (unpaired) electrons. The summed E-state index contributed by atoms with van der Waals surface area (Å²) in [5, 5.41) is 0. The van der Waals surface area contributed by atoms with Crippen LogP contribution in [0.5, 0.6) is 0 Å². The van der Waals surface area contributed by atoms with Gasteiger partial charge in [0.2, 0.25) is 0 Å². The van der Waals surface area contributed by atoms with Gasteiger partial charge in [-0.1, -0.05) is 0 Å². The van der Waals surface area contributed by atoms with E-state index in [-0.39, 0.29) is 91.8 Å². The molecule has 0 bridgehead atoms. The molecule has 0 aromatic heterocycles. The smallest absolute Gasteiger partial charge is 1.00 e. The van der Waals surface area contributed by atoms with Gasteiger partial charge in [-0.25, -0.2) is 0 Å². The molecular formula is H2Li4S. The van der Waals surface area contributed by atoms with Crippen LogP contribution >= 0.6 is 0 Å². The Morgan fingerprint density at radius 1 is 0.600 bits per heavy atom. The predicted molar refractivity (Wildman–Crippen MR) is 9.59 cm³/mol. The van der Waals surface area contributed by atoms with Crippen LogP contribution in [-0.4, -0.2) is 0 Å². The zero-order valence-electron chi connectivity index (χ0n) is 6.41. The number of rotatable bonds is 0. The summed E-state index contributed by atoms with van der Waals surface area (Å²) in [6, 6.07) is 0. The van der Waals surface area contributed by atoms with Crippen molar-refractivity contribution in [3.05, 3.63) is 0 Å². The zero-order valence-corrected chi connectivity index (χ0v) is 5.22. The van der Waals surface area contributed by atoms with Gasteiger partial charge >= 0.3 is 75.4 Å². The fourth-order valence-electron chi connectivity index (χ4n) is 0. The van der Waals surface area contributed by atoms with Crippen LogP contribution in [0, 0.1) is 0 Å². The SMILES string of the molecule is [H-].[H-].[Li+].[Li+].[Li+].[Li+].[S-2]. The molecule has 0 aliphatic heterocycles. The van der Waals surface area contributed by atoms with Crippen molar-refractivity contribution < 1.29 is 78.3 Å². The first-order chi connectivity index (χ1) is 0. The van der Waals surface area contributed by atoms with Gasteiger partial charge in [0.1, 0.15) is 0 Å². The largest absolute Gasteiger partial charge is 2.00 e. The molecule has 12 valence electrons. The summed E-state index contributed by atoms with van der Waals surface area (Å²) in [6.07, 6.45) is 0. The summed E-state index contributed by atoms with van der Waals surface area (Å²) in [7, 11) is 0. The molecular weight excluding hydrogens is 59.8 g/mol. The van der Waals surface area contributed by atoms with E-state index < -0.39 is 0 Å². The van der Waals surface area contributed by atoms with Crippen molar-refractivity contribution in [1.82, 2.24) is 0 Å². The third kappa shape index (κ3) is 20.2. The van der Waals surface area contributed by atoms with Gasteiger partial charge in [-0.05, 0) is 0 Å². The summed E-state index contributed by atoms with van der Waals surface area (Å²) >= 11 is 0. The van der Waals surface area contributed by atoms with Crippen molar-refractivity contribution in [3.8, 4) is 0 Å². The maximum Gasteiger partial charge on any atom is 1.00 e. The molecule has 0 aliphatic rings. The minimum absolute atomic E-state index is 0. The standard InChI is InChI=1S/4Li.S.2H/q4*+1;-2;2*-1. The maximum atomic E-state index is 0. The molecule has 0 aromatic carbocycles. The molecule has 0 nitrogen and oxygen atoms in total. The van der Waals surface area contributed by atoms with Crippen LogP contribution in [0.1, 0.15) is 2.85 Å². The van der Waals surface area contributed by atoms with Gasteiger partial charge in [0.25, 0.3) is 0 Å². The molecule has 0 saturated heterocycles. The monoisotopic (exact) mass is 62.1 g/mol. The predicted octanol–water partition coefficient (Wildman–Crippen LogP) is -11.8. The molecule has 0 spiro atoms. The topological polar surface area (TPSA) is 0 Å². The van der Waals surface area contributed by atoms with Gasteiger partial charge in [-0.2, -0.15) is 0 Å². The molecule has 0 unspecified atom stereocenters. The van der Waals surface area contributed by atoms with Crippen molar-refractivity contribution in [1.29, 1.82) is 0 Å². The Labute approximate surface area is 90.7 Å². The van der Waals surface area contributed by atoms with Crippen molar-refractivity contribution in [2.75, 3.05) is 0 Å². The molecule has 5 heteroatoms. The normalized spacial score (nSPS) is 0. The molecule has 0 aliphatic carbocycles. The van der Waals surface area contributed by atoms with Crippen LogP contribution in [-0.2, 0) is 13.5 Å². The van der Waals surface area contributed by atoms with Crippen LogP contribution in [0.25, 0.3) is 0 Å². The molecule has 0 atom stereocenters. The van der Waals surface area contributed by atoms with E-state index in [1.807, 2.05) is 0 Å². The maximum absolute atomic E-state index is 0. The Kier molecular flexibility index (Phi) is 277. The first-order valence-corrected chi connectivity index (χ1v) is 0. The van der Waals surface area contributed by atoms with Crippen molar-refractivity contribution in [2.24, 2.45) is 0 Å². The van der Waals surface area contributed by atoms with Gasteiger partial charge in [-0.3, -0.25) is 0 Å². The van der Waals surface area contributed by atoms with Crippen LogP contribution in [0.4, 0.5) is 0 Å². The quantitative estimate of drug-likeness (QED) is 0.244. The second-order valence-electron chi connectivity index (χ2n) is 0. The molecule has 0 amide bonds. The van der Waals surface area contributed by atoms with E-state index in [0.717, 1.165) is 0 Å². The first kappa shape index (κ1) is 46.8. The summed E-state index contributed by atoms with van der Waals surface area (Å²) in [6.45, 7) is 0. The van der Waals surface area contributed by atoms with E-state index in [1.165, 1.54) is 0 Å². The Morgan fingerprint density at radius 3 is 0.600 bits per heavy atom. The second kappa shape index (κ2) is 29.6. The van der Waals surface area contributed by atoms with Gasteiger partial charge in [0.05, 0.1) is 0 Å². The molecule has 0 aromatic rings. The summed E-state index contributed by atoms with van der Waals surface area (Å²) < 4.78 is 0. The van der Waals surface area contributed by atoms with Crippen LogP contribution in [0.15, 0.2) is 0 Å². The molecule has 0 rings (SSSR count). The van der Waals surface area contributed by atoms with Gasteiger partial charge < -0.3 is 16.3 Å². The van der Waals surface area contributed by atoms with E-state index >= 15 is 0 Å². The van der Waals surface area contributed by atoms with E-state index in [1.54, 1.807) is 0 Å². The van der Waals surface area contributed by atoms with Gasteiger partial charge in [-0.15, -0.1) is 0 Å². The summed E-state index contributed by atoms with van der Waals surface area (Å²) in [4.78, 5) is 0. The van der Waals surface area contributed by atoms with E-state index in [2.05, 4.69) is 0 Å². The van der Waals surface area contributed by atoms with E-state index in [0.29, 0.717) is 0 Å². The van der Waals surface area contributed by atoms with Crippen LogP contribution in [0.3, 0.4) is 0 Å². The summed E-state index contributed by atoms with van der Waals surface area (Å²) in [5.74, 6) is 0. The van der Waals surface area contributed by atoms with E-state index in [4.69, 9.17) is 0 Å². The Balaban J connectivity index is 0. The minimum atomic E-state index is 0. The minimum Gasteiger partial charge on any atom is -2.00 e. The van der Waals surface area contributed by atoms with Crippen molar-refractivity contribution >= 4 is 13.5 Å². The summed E-state index contributed by atoms with van der Waals surface area (Å²) in [5.41, 5.74) is 0. The zero-order chi connectivity index (χ0) is 0. The average molecular weight is 61.8 g/mol. The van der Waals surface area contributed by atoms with Crippen LogP contribution < -0.4 is 75.4 Å². The second-order valence-corrected chi connectivity index (χ2v) is 0. The number of hydrogen-bond donors (Lipinski definition) is 0. The Morgan fingerprint density at radius 2 is 0.600 bits per heavy atom. The van der Waals surface area contributed by atoms with Gasteiger partial charge in [0.15, 0.2) is 0 Å². The molecule has 0 saturated carbocycles. The molecule has 0 fully saturated rings. The third-order valence-electron chi connectivity index (χ3n) is 0. The van der Waals surface area contributed by atoms with E-state index in [9.17, 15) is 0 Å². The van der Waals surface area contributed by atoms with Crippen molar-refractivity contribution in [2.45, 2.75) is 0 Å². The average Bonchev–Trinajstić information content (AvgIpc) is 0. The third-order valence-corrected chi connectivity index (χ3v) is 0. The first-order valence-electron chi connectivity index (χ1n) is 0. The Bertz CT molecular complexity index is 9.65. The fraction of sp³-hybridized carbons (Fsp3) is 0. The Hall–Kier alpha value is 2.74. The van der Waals surface area contributed by atoms with Gasteiger partial charge in [0, 0.05) is 0 Å². The molecule has 0 N–H and O–H groups in total. The van der Waals surface area contributed by atoms with Crippen molar-refractivity contribution in [3.63, 3.8) is 0 Å². The molecule has 5 heavy (non-hydrogen) atoms. The fourth-order valence-corrected chi connectivity index (χ4v) is 0.